The molecule has 0 aromatic carbocycles. The average Bonchev–Trinajstić information content (AvgIpc) is 3.18. The summed E-state index contributed by atoms with van der Waals surface area (Å²) >= 11 is 0. The molecule has 59 heavy (non-hydrogen) atoms. The molecule has 5 N–H and O–H groups in total. The van der Waals surface area contributed by atoms with Crippen molar-refractivity contribution in [3.05, 3.63) is 48.6 Å². The molecule has 0 aliphatic rings. The van der Waals surface area contributed by atoms with Crippen LogP contribution in [0.2, 0.25) is 0 Å². The normalized spacial score (nSPS) is 14.6. The van der Waals surface area contributed by atoms with Gasteiger partial charge < -0.3 is 34.6 Å². The van der Waals surface area contributed by atoms with Crippen molar-refractivity contribution in [2.24, 2.45) is 5.92 Å². The summed E-state index contributed by atoms with van der Waals surface area (Å²) in [5.74, 6) is -0.373. The first-order valence-electron chi connectivity index (χ1n) is 23.1. The third-order valence-electron chi connectivity index (χ3n) is 10.1. The van der Waals surface area contributed by atoms with E-state index in [0.717, 1.165) is 50.9 Å². The van der Waals surface area contributed by atoms with Crippen molar-refractivity contribution in [2.45, 2.75) is 219 Å². The quantitative estimate of drug-likeness (QED) is 0.0171. The van der Waals surface area contributed by atoms with Crippen LogP contribution in [-0.2, 0) is 28.2 Å². The van der Waals surface area contributed by atoms with E-state index in [4.69, 9.17) is 19.3 Å². The third-order valence-corrected chi connectivity index (χ3v) is 10.6. The Morgan fingerprint density at radius 3 is 1.51 bits per heavy atom. The zero-order valence-electron chi connectivity index (χ0n) is 37.1. The number of aliphatic hydroxyl groups is 3. The van der Waals surface area contributed by atoms with Gasteiger partial charge in [-0.1, -0.05) is 204 Å². The molecule has 11 nitrogen and oxygen atoms in total. The largest absolute Gasteiger partial charge is 0.469 e. The molecule has 0 aromatic heterocycles. The molecule has 0 aliphatic heterocycles. The smallest absolute Gasteiger partial charge is 0.462 e. The second-order valence-electron chi connectivity index (χ2n) is 16.4. The molecule has 12 heteroatoms. The second kappa shape index (κ2) is 40.0. The number of carbonyl (C=O) groups excluding carboxylic acids is 2. The Labute approximate surface area is 358 Å². The van der Waals surface area contributed by atoms with Gasteiger partial charge in [0.2, 0.25) is 0 Å². The summed E-state index contributed by atoms with van der Waals surface area (Å²) in [6.07, 6.45) is 37.8. The highest BCUT2D eigenvalue weighted by molar-refractivity contribution is 7.46. The maximum absolute atomic E-state index is 12.5. The van der Waals surface area contributed by atoms with E-state index < -0.39 is 57.4 Å². The maximum Gasteiger partial charge on any atom is 0.469 e. The minimum absolute atomic E-state index is 0.0906. The van der Waals surface area contributed by atoms with Gasteiger partial charge in [0.25, 0.3) is 0 Å². The summed E-state index contributed by atoms with van der Waals surface area (Å²) in [7, 11) is -4.86. The number of unbranched alkanes of at least 4 members (excludes halogenated alkanes) is 19. The third kappa shape index (κ3) is 42.4. The van der Waals surface area contributed by atoms with Crippen molar-refractivity contribution >= 4 is 19.8 Å². The second-order valence-corrected chi connectivity index (χ2v) is 17.7. The first-order chi connectivity index (χ1) is 28.3. The maximum atomic E-state index is 12.5. The molecule has 0 saturated heterocycles. The summed E-state index contributed by atoms with van der Waals surface area (Å²) in [4.78, 5) is 43.0. The van der Waals surface area contributed by atoms with Crippen LogP contribution in [0.15, 0.2) is 48.6 Å². The van der Waals surface area contributed by atoms with Crippen molar-refractivity contribution in [1.82, 2.24) is 0 Å². The van der Waals surface area contributed by atoms with E-state index in [9.17, 15) is 29.5 Å². The number of carbonyl (C=O) groups is 2. The highest BCUT2D eigenvalue weighted by atomic mass is 31.2. The van der Waals surface area contributed by atoms with Gasteiger partial charge in [-0.2, -0.15) is 0 Å². The molecule has 0 spiro atoms. The van der Waals surface area contributed by atoms with Crippen LogP contribution >= 0.6 is 7.82 Å². The molecule has 0 saturated carbocycles. The molecule has 0 radical (unpaired) electrons. The first kappa shape index (κ1) is 56.9. The highest BCUT2D eigenvalue weighted by Crippen LogP contribution is 2.36. The van der Waals surface area contributed by atoms with Crippen LogP contribution in [0, 0.1) is 5.92 Å². The number of hydrogen-bond acceptors (Lipinski definition) is 9. The predicted octanol–water partition coefficient (Wildman–Crippen LogP) is 11.1. The van der Waals surface area contributed by atoms with E-state index in [0.29, 0.717) is 6.42 Å². The molecular weight excluding hydrogens is 771 g/mol. The van der Waals surface area contributed by atoms with Crippen molar-refractivity contribution in [3.63, 3.8) is 0 Å². The number of hydrogen-bond donors (Lipinski definition) is 5. The number of rotatable bonds is 41. The Balaban J connectivity index is 4.13. The Morgan fingerprint density at radius 1 is 0.542 bits per heavy atom. The van der Waals surface area contributed by atoms with E-state index in [1.807, 2.05) is 0 Å². The van der Waals surface area contributed by atoms with Crippen LogP contribution in [0.1, 0.15) is 194 Å². The molecule has 344 valence electrons. The van der Waals surface area contributed by atoms with Gasteiger partial charge in [-0.25, -0.2) is 4.57 Å². The Bertz CT molecular complexity index is 1160. The van der Waals surface area contributed by atoms with Gasteiger partial charge in [0.05, 0.1) is 24.9 Å². The molecule has 0 aliphatic carbocycles. The summed E-state index contributed by atoms with van der Waals surface area (Å²) in [5, 5.41) is 30.4. The molecule has 4 atom stereocenters. The zero-order chi connectivity index (χ0) is 43.8. The van der Waals surface area contributed by atoms with Gasteiger partial charge >= 0.3 is 19.8 Å². The number of phosphoric ester groups is 1. The zero-order valence-corrected chi connectivity index (χ0v) is 38.0. The molecule has 0 heterocycles. The molecule has 0 unspecified atom stereocenters. The number of phosphoric acid groups is 1. The number of esters is 2. The molecule has 0 fully saturated rings. The van der Waals surface area contributed by atoms with Crippen molar-refractivity contribution < 1.29 is 53.3 Å². The topological polar surface area (TPSA) is 180 Å². The van der Waals surface area contributed by atoms with Crippen LogP contribution in [0.25, 0.3) is 0 Å². The van der Waals surface area contributed by atoms with E-state index in [-0.39, 0.29) is 25.7 Å². The van der Waals surface area contributed by atoms with Crippen LogP contribution in [-0.4, -0.2) is 74.7 Å². The van der Waals surface area contributed by atoms with Crippen molar-refractivity contribution in [1.29, 1.82) is 0 Å². The van der Waals surface area contributed by atoms with Gasteiger partial charge in [-0.15, -0.1) is 0 Å². The SMILES string of the molecule is CCCCC[C@H](O)/C=C/C=C\C=C\C=C\[C@H](O)[C@@H](O)CCCC(=O)O[C@H](COC(=O)CCCCCCCCCCCCCCCCCCCCC(C)C)COP(=O)(O)O. The molecule has 0 aromatic rings. The average molecular weight is 857 g/mol. The van der Waals surface area contributed by atoms with Crippen LogP contribution in [0.3, 0.4) is 0 Å². The first-order valence-corrected chi connectivity index (χ1v) is 24.6. The molecule has 0 rings (SSSR count). The number of aliphatic hydroxyl groups excluding tert-OH is 3. The predicted molar refractivity (Wildman–Crippen MR) is 239 cm³/mol. The van der Waals surface area contributed by atoms with Crippen LogP contribution in [0.4, 0.5) is 0 Å². The Kier molecular flexibility index (Phi) is 38.6. The van der Waals surface area contributed by atoms with Crippen LogP contribution < -0.4 is 0 Å². The lowest BCUT2D eigenvalue weighted by atomic mass is 10.0. The van der Waals surface area contributed by atoms with Gasteiger partial charge in [-0.05, 0) is 31.6 Å². The summed E-state index contributed by atoms with van der Waals surface area (Å²) in [6, 6.07) is 0. The van der Waals surface area contributed by atoms with Gasteiger partial charge in [0, 0.05) is 12.8 Å². The van der Waals surface area contributed by atoms with E-state index in [1.54, 1.807) is 42.5 Å². The minimum Gasteiger partial charge on any atom is -0.462 e. The van der Waals surface area contributed by atoms with Crippen LogP contribution in [0.5, 0.6) is 0 Å². The lowest BCUT2D eigenvalue weighted by Gasteiger charge is -2.19. The molecule has 0 bridgehead atoms. The fraction of sp³-hybridized carbons (Fsp3) is 0.787. The fourth-order valence-corrected chi connectivity index (χ4v) is 6.89. The lowest BCUT2D eigenvalue weighted by Crippen LogP contribution is -2.29. The van der Waals surface area contributed by atoms with E-state index in [1.165, 1.54) is 102 Å². The fourth-order valence-electron chi connectivity index (χ4n) is 6.53. The summed E-state index contributed by atoms with van der Waals surface area (Å²) in [6.45, 7) is 5.67. The summed E-state index contributed by atoms with van der Waals surface area (Å²) < 4.78 is 26.2. The van der Waals surface area contributed by atoms with Gasteiger partial charge in [0.15, 0.2) is 6.10 Å². The van der Waals surface area contributed by atoms with Crippen molar-refractivity contribution in [3.8, 4) is 0 Å². The summed E-state index contributed by atoms with van der Waals surface area (Å²) in [5.41, 5.74) is 0. The highest BCUT2D eigenvalue weighted by Gasteiger charge is 2.23. The Hall–Kier alpha value is -2.11. The van der Waals surface area contributed by atoms with E-state index in [2.05, 4.69) is 25.3 Å². The minimum atomic E-state index is -4.86. The van der Waals surface area contributed by atoms with Crippen molar-refractivity contribution in [2.75, 3.05) is 13.2 Å². The lowest BCUT2D eigenvalue weighted by molar-refractivity contribution is -0.161. The molecule has 0 amide bonds. The molecular formula is C47H85O11P. The number of ether oxygens (including phenoxy) is 2. The number of allylic oxidation sites excluding steroid dienone is 6. The van der Waals surface area contributed by atoms with E-state index >= 15 is 0 Å². The Morgan fingerprint density at radius 2 is 1.00 bits per heavy atom. The van der Waals surface area contributed by atoms with Gasteiger partial charge in [0.1, 0.15) is 6.61 Å². The van der Waals surface area contributed by atoms with Gasteiger partial charge in [-0.3, -0.25) is 14.1 Å². The monoisotopic (exact) mass is 857 g/mol. The standard InChI is InChI=1S/C47H85O11P/c1-4-5-26-33-42(48)34-28-23-20-21-24-29-35-44(49)45(50)36-31-38-47(52)58-43(40-57-59(53,54)55)39-56-46(51)37-30-25-19-17-15-13-11-9-7-6-8-10-12-14-16-18-22-27-32-41(2)3/h20-21,23-24,28-29,34-35,41-45,48-50H,4-19,22,25-27,30-33,36-40H2,1-3H3,(H2,53,54,55)/b23-20-,24-21+,34-28+,35-29+/t42-,43+,44-,45-/m0/s1.